The van der Waals surface area contributed by atoms with Crippen LogP contribution >= 0.6 is 0 Å². The summed E-state index contributed by atoms with van der Waals surface area (Å²) in [6.07, 6.45) is 2.31. The molecule has 1 heterocycles. The van der Waals surface area contributed by atoms with Gasteiger partial charge in [-0.15, -0.1) is 0 Å². The SMILES string of the molecule is CCCNC(=O)c1ccc2c(c1)ncn2-c1ccc(F)cc1F. The Bertz CT molecular complexity index is 873. The fourth-order valence-electron chi connectivity index (χ4n) is 2.36. The molecule has 4 nitrogen and oxygen atoms in total. The average molecular weight is 315 g/mol. The molecule has 23 heavy (non-hydrogen) atoms. The molecule has 118 valence electrons. The first-order valence-electron chi connectivity index (χ1n) is 7.31. The normalized spacial score (nSPS) is 10.9. The van der Waals surface area contributed by atoms with Crippen LogP contribution in [-0.2, 0) is 0 Å². The summed E-state index contributed by atoms with van der Waals surface area (Å²) in [4.78, 5) is 16.2. The molecule has 0 spiro atoms. The minimum absolute atomic E-state index is 0.170. The smallest absolute Gasteiger partial charge is 0.251 e. The first-order chi connectivity index (χ1) is 11.1. The van der Waals surface area contributed by atoms with Crippen molar-refractivity contribution in [2.75, 3.05) is 6.54 Å². The Balaban J connectivity index is 2.00. The van der Waals surface area contributed by atoms with Crippen molar-refractivity contribution in [3.63, 3.8) is 0 Å². The van der Waals surface area contributed by atoms with E-state index in [0.29, 0.717) is 23.1 Å². The van der Waals surface area contributed by atoms with E-state index < -0.39 is 11.6 Å². The number of halogens is 2. The molecule has 0 saturated heterocycles. The van der Waals surface area contributed by atoms with Crippen LogP contribution in [0.4, 0.5) is 8.78 Å². The third-order valence-electron chi connectivity index (χ3n) is 3.51. The molecule has 0 aliphatic rings. The van der Waals surface area contributed by atoms with Gasteiger partial charge in [-0.05, 0) is 36.8 Å². The van der Waals surface area contributed by atoms with E-state index in [1.807, 2.05) is 6.92 Å². The third kappa shape index (κ3) is 2.92. The van der Waals surface area contributed by atoms with Gasteiger partial charge in [-0.2, -0.15) is 0 Å². The number of hydrogen-bond donors (Lipinski definition) is 1. The maximum Gasteiger partial charge on any atom is 0.251 e. The summed E-state index contributed by atoms with van der Waals surface area (Å²) in [7, 11) is 0. The van der Waals surface area contributed by atoms with Gasteiger partial charge in [0.1, 0.15) is 18.0 Å². The lowest BCUT2D eigenvalue weighted by molar-refractivity contribution is 0.0954. The average Bonchev–Trinajstić information content (AvgIpc) is 2.95. The maximum absolute atomic E-state index is 13.9. The number of imidazole rings is 1. The van der Waals surface area contributed by atoms with Crippen LogP contribution in [0, 0.1) is 11.6 Å². The molecule has 1 amide bonds. The van der Waals surface area contributed by atoms with Crippen molar-refractivity contribution in [2.24, 2.45) is 0 Å². The fourth-order valence-corrected chi connectivity index (χ4v) is 2.36. The second-order valence-electron chi connectivity index (χ2n) is 5.17. The topological polar surface area (TPSA) is 46.9 Å². The van der Waals surface area contributed by atoms with Crippen LogP contribution in [0.25, 0.3) is 16.7 Å². The summed E-state index contributed by atoms with van der Waals surface area (Å²) < 4.78 is 28.5. The third-order valence-corrected chi connectivity index (χ3v) is 3.51. The Labute approximate surface area is 131 Å². The van der Waals surface area contributed by atoms with E-state index >= 15 is 0 Å². The van der Waals surface area contributed by atoms with Gasteiger partial charge in [0.05, 0.1) is 16.7 Å². The van der Waals surface area contributed by atoms with E-state index in [4.69, 9.17) is 0 Å². The lowest BCUT2D eigenvalue weighted by Crippen LogP contribution is -2.23. The van der Waals surface area contributed by atoms with E-state index in [1.165, 1.54) is 23.0 Å². The van der Waals surface area contributed by atoms with Crippen molar-refractivity contribution in [3.8, 4) is 5.69 Å². The molecule has 0 atom stereocenters. The largest absolute Gasteiger partial charge is 0.352 e. The second kappa shape index (κ2) is 6.16. The van der Waals surface area contributed by atoms with Gasteiger partial charge in [-0.25, -0.2) is 13.8 Å². The van der Waals surface area contributed by atoms with Crippen LogP contribution in [0.15, 0.2) is 42.7 Å². The highest BCUT2D eigenvalue weighted by atomic mass is 19.1. The van der Waals surface area contributed by atoms with Gasteiger partial charge in [-0.1, -0.05) is 6.92 Å². The molecule has 0 saturated carbocycles. The number of nitrogens with zero attached hydrogens (tertiary/aromatic N) is 2. The van der Waals surface area contributed by atoms with E-state index in [-0.39, 0.29) is 11.6 Å². The summed E-state index contributed by atoms with van der Waals surface area (Å²) in [5.41, 5.74) is 1.91. The van der Waals surface area contributed by atoms with Crippen LogP contribution in [0.2, 0.25) is 0 Å². The molecule has 1 N–H and O–H groups in total. The molecular formula is C17H15F2N3O. The highest BCUT2D eigenvalue weighted by Crippen LogP contribution is 2.22. The Hall–Kier alpha value is -2.76. The molecular weight excluding hydrogens is 300 g/mol. The Morgan fingerprint density at radius 3 is 2.78 bits per heavy atom. The lowest BCUT2D eigenvalue weighted by atomic mass is 10.2. The van der Waals surface area contributed by atoms with Gasteiger partial charge in [0, 0.05) is 18.2 Å². The Kier molecular flexibility index (Phi) is 4.06. The highest BCUT2D eigenvalue weighted by molar-refractivity contribution is 5.97. The number of nitrogens with one attached hydrogen (secondary N) is 1. The molecule has 0 fully saturated rings. The van der Waals surface area contributed by atoms with Gasteiger partial charge in [-0.3, -0.25) is 9.36 Å². The van der Waals surface area contributed by atoms with Crippen LogP contribution in [-0.4, -0.2) is 22.0 Å². The van der Waals surface area contributed by atoms with E-state index in [0.717, 1.165) is 12.5 Å². The molecule has 0 radical (unpaired) electrons. The zero-order valence-electron chi connectivity index (χ0n) is 12.5. The van der Waals surface area contributed by atoms with Crippen molar-refractivity contribution in [2.45, 2.75) is 13.3 Å². The second-order valence-corrected chi connectivity index (χ2v) is 5.17. The number of carbonyl (C=O) groups is 1. The van der Waals surface area contributed by atoms with Gasteiger partial charge < -0.3 is 5.32 Å². The monoisotopic (exact) mass is 315 g/mol. The summed E-state index contributed by atoms with van der Waals surface area (Å²) in [6.45, 7) is 2.58. The van der Waals surface area contributed by atoms with Gasteiger partial charge in [0.15, 0.2) is 0 Å². The maximum atomic E-state index is 13.9. The molecule has 0 unspecified atom stereocenters. The number of benzene rings is 2. The summed E-state index contributed by atoms with van der Waals surface area (Å²) in [5, 5.41) is 2.79. The van der Waals surface area contributed by atoms with E-state index in [9.17, 15) is 13.6 Å². The van der Waals surface area contributed by atoms with Gasteiger partial charge in [0.2, 0.25) is 0 Å². The van der Waals surface area contributed by atoms with Crippen molar-refractivity contribution in [1.29, 1.82) is 0 Å². The predicted molar refractivity (Wildman–Crippen MR) is 83.6 cm³/mol. The zero-order chi connectivity index (χ0) is 16.4. The Morgan fingerprint density at radius 2 is 2.04 bits per heavy atom. The number of carbonyl (C=O) groups excluding carboxylic acids is 1. The number of hydrogen-bond acceptors (Lipinski definition) is 2. The summed E-state index contributed by atoms with van der Waals surface area (Å²) >= 11 is 0. The lowest BCUT2D eigenvalue weighted by Gasteiger charge is -2.07. The number of amides is 1. The summed E-state index contributed by atoms with van der Waals surface area (Å²) in [5.74, 6) is -1.48. The zero-order valence-corrected chi connectivity index (χ0v) is 12.5. The van der Waals surface area contributed by atoms with E-state index in [2.05, 4.69) is 10.3 Å². The minimum Gasteiger partial charge on any atom is -0.352 e. The molecule has 0 bridgehead atoms. The molecule has 1 aromatic heterocycles. The van der Waals surface area contributed by atoms with Crippen LogP contribution in [0.3, 0.4) is 0 Å². The van der Waals surface area contributed by atoms with Gasteiger partial charge >= 0.3 is 0 Å². The molecule has 3 rings (SSSR count). The van der Waals surface area contributed by atoms with Crippen LogP contribution in [0.1, 0.15) is 23.7 Å². The van der Waals surface area contributed by atoms with Crippen molar-refractivity contribution < 1.29 is 13.6 Å². The minimum atomic E-state index is -0.672. The van der Waals surface area contributed by atoms with Gasteiger partial charge in [0.25, 0.3) is 5.91 Å². The predicted octanol–water partition coefficient (Wildman–Crippen LogP) is 3.44. The highest BCUT2D eigenvalue weighted by Gasteiger charge is 2.12. The van der Waals surface area contributed by atoms with Crippen LogP contribution < -0.4 is 5.32 Å². The summed E-state index contributed by atoms with van der Waals surface area (Å²) in [6, 6.07) is 8.38. The molecule has 3 aromatic rings. The number of rotatable bonds is 4. The first kappa shape index (κ1) is 15.1. The quantitative estimate of drug-likeness (QED) is 0.801. The molecule has 0 aliphatic carbocycles. The van der Waals surface area contributed by atoms with Crippen molar-refractivity contribution in [3.05, 3.63) is 59.9 Å². The van der Waals surface area contributed by atoms with Crippen LogP contribution in [0.5, 0.6) is 0 Å². The standard InChI is InChI=1S/C17H15F2N3O/c1-2-7-20-17(23)11-3-5-16-14(8-11)21-10-22(16)15-6-4-12(18)9-13(15)19/h3-6,8-10H,2,7H2,1H3,(H,20,23). The molecule has 0 aliphatic heterocycles. The molecule has 6 heteroatoms. The number of aromatic nitrogens is 2. The van der Waals surface area contributed by atoms with E-state index in [1.54, 1.807) is 18.2 Å². The van der Waals surface area contributed by atoms with Crippen molar-refractivity contribution in [1.82, 2.24) is 14.9 Å². The van der Waals surface area contributed by atoms with Crippen molar-refractivity contribution >= 4 is 16.9 Å². The first-order valence-corrected chi connectivity index (χ1v) is 7.31. The number of fused-ring (bicyclic) bond motifs is 1. The molecule has 2 aromatic carbocycles. The Morgan fingerprint density at radius 1 is 1.22 bits per heavy atom. The fraction of sp³-hybridized carbons (Fsp3) is 0.176.